The number of aryl methyl sites for hydroxylation is 1. The van der Waals surface area contributed by atoms with Gasteiger partial charge in [-0.15, -0.1) is 0 Å². The molecule has 1 atom stereocenters. The average Bonchev–Trinajstić information content (AvgIpc) is 2.80. The van der Waals surface area contributed by atoms with Crippen LogP contribution in [0.1, 0.15) is 47.3 Å². The summed E-state index contributed by atoms with van der Waals surface area (Å²) in [5.41, 5.74) is 3.46. The lowest BCUT2D eigenvalue weighted by molar-refractivity contribution is 0.102. The van der Waals surface area contributed by atoms with Crippen LogP contribution in [-0.4, -0.2) is 40.2 Å². The van der Waals surface area contributed by atoms with Crippen molar-refractivity contribution >= 4 is 23.2 Å². The molecule has 0 aliphatic carbocycles. The number of anilines is 3. The maximum absolute atomic E-state index is 12.6. The van der Waals surface area contributed by atoms with Crippen molar-refractivity contribution in [3.8, 4) is 0 Å². The maximum atomic E-state index is 12.6. The molecule has 7 heteroatoms. The predicted octanol–water partition coefficient (Wildman–Crippen LogP) is 4.17. The van der Waals surface area contributed by atoms with Crippen LogP contribution in [0.2, 0.25) is 0 Å². The molecule has 1 fully saturated rings. The zero-order chi connectivity index (χ0) is 22.5. The Hall–Kier alpha value is -3.45. The van der Waals surface area contributed by atoms with E-state index in [0.717, 1.165) is 48.6 Å². The lowest BCUT2D eigenvalue weighted by atomic mass is 10.1. The second-order valence-electron chi connectivity index (χ2n) is 8.30. The standard InChI is InChI=1S/C25H29N5O2/c1-17-5-3-7-20(13-17)25(32)28-21-8-4-6-19(14-21)18(2)27-23-15-26-16-24(29-23)30-11-9-22(31)10-12-30/h3-8,13-16,18,22,31H,9-12H2,1-2H3,(H,27,29)(H,28,32). The molecular formula is C25H29N5O2. The van der Waals surface area contributed by atoms with Crippen LogP contribution in [0, 0.1) is 6.92 Å². The number of rotatable bonds is 6. The van der Waals surface area contributed by atoms with Gasteiger partial charge in [-0.3, -0.25) is 9.78 Å². The van der Waals surface area contributed by atoms with Crippen molar-refractivity contribution in [1.29, 1.82) is 0 Å². The highest BCUT2D eigenvalue weighted by atomic mass is 16.3. The molecule has 0 bridgehead atoms. The van der Waals surface area contributed by atoms with E-state index in [1.54, 1.807) is 12.4 Å². The molecule has 1 saturated heterocycles. The minimum absolute atomic E-state index is 0.0291. The molecule has 0 saturated carbocycles. The number of hydrogen-bond acceptors (Lipinski definition) is 6. The minimum Gasteiger partial charge on any atom is -0.393 e. The number of amides is 1. The SMILES string of the molecule is Cc1cccc(C(=O)Nc2cccc(C(C)Nc3cncc(N4CCC(O)CC4)n3)c2)c1. The Labute approximate surface area is 188 Å². The number of hydrogen-bond donors (Lipinski definition) is 3. The van der Waals surface area contributed by atoms with Gasteiger partial charge in [0.1, 0.15) is 11.6 Å². The lowest BCUT2D eigenvalue weighted by Gasteiger charge is -2.30. The number of aliphatic hydroxyl groups excluding tert-OH is 1. The van der Waals surface area contributed by atoms with Gasteiger partial charge in [0.15, 0.2) is 0 Å². The maximum Gasteiger partial charge on any atom is 0.255 e. The fourth-order valence-electron chi connectivity index (χ4n) is 3.85. The van der Waals surface area contributed by atoms with E-state index >= 15 is 0 Å². The summed E-state index contributed by atoms with van der Waals surface area (Å²) in [7, 11) is 0. The number of piperidine rings is 1. The molecule has 7 nitrogen and oxygen atoms in total. The Morgan fingerprint density at radius 3 is 2.69 bits per heavy atom. The number of aliphatic hydroxyl groups is 1. The highest BCUT2D eigenvalue weighted by Gasteiger charge is 2.19. The molecule has 1 aliphatic rings. The van der Waals surface area contributed by atoms with Crippen LogP contribution in [0.15, 0.2) is 60.9 Å². The molecule has 3 N–H and O–H groups in total. The first kappa shape index (κ1) is 21.8. The van der Waals surface area contributed by atoms with Gasteiger partial charge in [-0.05, 0) is 56.5 Å². The van der Waals surface area contributed by atoms with Crippen molar-refractivity contribution in [2.75, 3.05) is 28.6 Å². The van der Waals surface area contributed by atoms with Crippen molar-refractivity contribution in [3.05, 3.63) is 77.6 Å². The van der Waals surface area contributed by atoms with Crippen LogP contribution < -0.4 is 15.5 Å². The van der Waals surface area contributed by atoms with Crippen LogP contribution in [0.4, 0.5) is 17.3 Å². The molecule has 2 heterocycles. The first-order chi connectivity index (χ1) is 15.5. The summed E-state index contributed by atoms with van der Waals surface area (Å²) in [6, 6.07) is 15.3. The van der Waals surface area contributed by atoms with Gasteiger partial charge in [-0.25, -0.2) is 4.98 Å². The Bertz CT molecular complexity index is 1080. The van der Waals surface area contributed by atoms with Gasteiger partial charge in [0.25, 0.3) is 5.91 Å². The van der Waals surface area contributed by atoms with Crippen molar-refractivity contribution in [3.63, 3.8) is 0 Å². The van der Waals surface area contributed by atoms with Crippen molar-refractivity contribution < 1.29 is 9.90 Å². The molecular weight excluding hydrogens is 402 g/mol. The van der Waals surface area contributed by atoms with Crippen molar-refractivity contribution in [2.24, 2.45) is 0 Å². The summed E-state index contributed by atoms with van der Waals surface area (Å²) in [5, 5.41) is 16.1. The molecule has 32 heavy (non-hydrogen) atoms. The fourth-order valence-corrected chi connectivity index (χ4v) is 3.85. The zero-order valence-corrected chi connectivity index (χ0v) is 18.5. The molecule has 0 radical (unpaired) electrons. The molecule has 4 rings (SSSR count). The molecule has 1 aliphatic heterocycles. The summed E-state index contributed by atoms with van der Waals surface area (Å²) in [6.07, 6.45) is 4.74. The fraction of sp³-hybridized carbons (Fsp3) is 0.320. The number of aromatic nitrogens is 2. The van der Waals surface area contributed by atoms with Gasteiger partial charge in [0.2, 0.25) is 0 Å². The molecule has 1 unspecified atom stereocenters. The van der Waals surface area contributed by atoms with Gasteiger partial charge in [0.05, 0.1) is 24.5 Å². The highest BCUT2D eigenvalue weighted by molar-refractivity contribution is 6.04. The second-order valence-corrected chi connectivity index (χ2v) is 8.30. The predicted molar refractivity (Wildman–Crippen MR) is 127 cm³/mol. The van der Waals surface area contributed by atoms with Gasteiger partial charge >= 0.3 is 0 Å². The Morgan fingerprint density at radius 2 is 1.91 bits per heavy atom. The number of carbonyl (C=O) groups is 1. The number of benzene rings is 2. The van der Waals surface area contributed by atoms with E-state index in [2.05, 4.69) is 20.5 Å². The third-order valence-corrected chi connectivity index (χ3v) is 5.70. The highest BCUT2D eigenvalue weighted by Crippen LogP contribution is 2.23. The minimum atomic E-state index is -0.223. The largest absolute Gasteiger partial charge is 0.393 e. The zero-order valence-electron chi connectivity index (χ0n) is 18.5. The summed E-state index contributed by atoms with van der Waals surface area (Å²) >= 11 is 0. The molecule has 2 aromatic carbocycles. The Morgan fingerprint density at radius 1 is 1.12 bits per heavy atom. The summed E-state index contributed by atoms with van der Waals surface area (Å²) in [6.45, 7) is 5.57. The van der Waals surface area contributed by atoms with E-state index in [9.17, 15) is 9.90 Å². The molecule has 3 aromatic rings. The number of nitrogens with one attached hydrogen (secondary N) is 2. The monoisotopic (exact) mass is 431 g/mol. The normalized spacial score (nSPS) is 15.3. The smallest absolute Gasteiger partial charge is 0.255 e. The first-order valence-corrected chi connectivity index (χ1v) is 11.0. The summed E-state index contributed by atoms with van der Waals surface area (Å²) < 4.78 is 0. The topological polar surface area (TPSA) is 90.4 Å². The van der Waals surface area contributed by atoms with Crippen LogP contribution in [0.25, 0.3) is 0 Å². The second kappa shape index (κ2) is 9.78. The van der Waals surface area contributed by atoms with Crippen molar-refractivity contribution in [1.82, 2.24) is 9.97 Å². The van der Waals surface area contributed by atoms with E-state index in [1.807, 2.05) is 62.4 Å². The van der Waals surface area contributed by atoms with Gasteiger partial charge in [-0.2, -0.15) is 0 Å². The van der Waals surface area contributed by atoms with Crippen LogP contribution in [-0.2, 0) is 0 Å². The summed E-state index contributed by atoms with van der Waals surface area (Å²) in [5.74, 6) is 1.38. The Kier molecular flexibility index (Phi) is 6.66. The van der Waals surface area contributed by atoms with Crippen LogP contribution >= 0.6 is 0 Å². The van der Waals surface area contributed by atoms with E-state index in [1.165, 1.54) is 0 Å². The Balaban J connectivity index is 1.42. The molecule has 1 amide bonds. The van der Waals surface area contributed by atoms with E-state index in [4.69, 9.17) is 4.98 Å². The van der Waals surface area contributed by atoms with E-state index in [-0.39, 0.29) is 18.1 Å². The van der Waals surface area contributed by atoms with Gasteiger partial charge in [0, 0.05) is 24.3 Å². The molecule has 0 spiro atoms. The van der Waals surface area contributed by atoms with Gasteiger partial charge in [-0.1, -0.05) is 29.8 Å². The lowest BCUT2D eigenvalue weighted by Crippen LogP contribution is -2.36. The third-order valence-electron chi connectivity index (χ3n) is 5.70. The van der Waals surface area contributed by atoms with Crippen LogP contribution in [0.3, 0.4) is 0 Å². The van der Waals surface area contributed by atoms with Gasteiger partial charge < -0.3 is 20.6 Å². The average molecular weight is 432 g/mol. The number of nitrogens with zero attached hydrogens (tertiary/aromatic N) is 3. The van der Waals surface area contributed by atoms with E-state index in [0.29, 0.717) is 11.4 Å². The van der Waals surface area contributed by atoms with E-state index < -0.39 is 0 Å². The molecule has 166 valence electrons. The number of carbonyl (C=O) groups excluding carboxylic acids is 1. The quantitative estimate of drug-likeness (QED) is 0.543. The third kappa shape index (κ3) is 5.42. The molecule has 1 aromatic heterocycles. The summed E-state index contributed by atoms with van der Waals surface area (Å²) in [4.78, 5) is 23.8. The first-order valence-electron chi connectivity index (χ1n) is 11.0. The van der Waals surface area contributed by atoms with Crippen LogP contribution in [0.5, 0.6) is 0 Å². The van der Waals surface area contributed by atoms with Crippen molar-refractivity contribution in [2.45, 2.75) is 38.8 Å².